The fraction of sp³-hybridized carbons (Fsp3) is 0.133. The molecule has 1 aliphatic heterocycles. The number of nitrogens with one attached hydrogen (secondary N) is 1. The molecule has 20 heavy (non-hydrogen) atoms. The third-order valence-electron chi connectivity index (χ3n) is 3.27. The molecule has 2 aromatic carbocycles. The maximum Gasteiger partial charge on any atom is 0.242 e. The summed E-state index contributed by atoms with van der Waals surface area (Å²) in [4.78, 5) is 12.0. The SMILES string of the molecule is CSC1C(=O)Nc2c(-c3cc(Cl)cc(Cl)c3)cccc21. The van der Waals surface area contributed by atoms with Crippen molar-refractivity contribution in [2.24, 2.45) is 0 Å². The Balaban J connectivity index is 2.18. The monoisotopic (exact) mass is 323 g/mol. The highest BCUT2D eigenvalue weighted by Gasteiger charge is 2.31. The standard InChI is InChI=1S/C15H11Cl2NOS/c1-20-14-12-4-2-3-11(13(12)18-15(14)19)8-5-9(16)7-10(17)6-8/h2-7,14H,1H3,(H,18,19). The molecular formula is C15H11Cl2NOS. The molecule has 0 saturated heterocycles. The van der Waals surface area contributed by atoms with Crippen LogP contribution in [0.25, 0.3) is 11.1 Å². The minimum Gasteiger partial charge on any atom is -0.324 e. The maximum absolute atomic E-state index is 12.0. The molecule has 2 nitrogen and oxygen atoms in total. The van der Waals surface area contributed by atoms with Crippen LogP contribution in [-0.4, -0.2) is 12.2 Å². The molecule has 3 rings (SSSR count). The van der Waals surface area contributed by atoms with Gasteiger partial charge < -0.3 is 5.32 Å². The van der Waals surface area contributed by atoms with Crippen LogP contribution in [0, 0.1) is 0 Å². The summed E-state index contributed by atoms with van der Waals surface area (Å²) in [6.07, 6.45) is 1.93. The fourth-order valence-electron chi connectivity index (χ4n) is 2.44. The lowest BCUT2D eigenvalue weighted by molar-refractivity contribution is -0.115. The second-order valence-electron chi connectivity index (χ2n) is 4.53. The van der Waals surface area contributed by atoms with Crippen molar-refractivity contribution in [3.05, 3.63) is 52.0 Å². The van der Waals surface area contributed by atoms with Crippen LogP contribution in [0.4, 0.5) is 5.69 Å². The van der Waals surface area contributed by atoms with Crippen LogP contribution in [0.5, 0.6) is 0 Å². The van der Waals surface area contributed by atoms with E-state index in [-0.39, 0.29) is 11.2 Å². The molecule has 1 N–H and O–H groups in total. The number of carbonyl (C=O) groups excluding carboxylic acids is 1. The van der Waals surface area contributed by atoms with Gasteiger partial charge in [0.25, 0.3) is 0 Å². The number of hydrogen-bond donors (Lipinski definition) is 1. The lowest BCUT2D eigenvalue weighted by atomic mass is 10.0. The first-order valence-electron chi connectivity index (χ1n) is 6.03. The van der Waals surface area contributed by atoms with Crippen molar-refractivity contribution < 1.29 is 4.79 Å². The fourth-order valence-corrected chi connectivity index (χ4v) is 3.69. The summed E-state index contributed by atoms with van der Waals surface area (Å²) in [7, 11) is 0. The summed E-state index contributed by atoms with van der Waals surface area (Å²) in [6, 6.07) is 11.3. The summed E-state index contributed by atoms with van der Waals surface area (Å²) in [5, 5.41) is 3.96. The van der Waals surface area contributed by atoms with Crippen molar-refractivity contribution in [3.8, 4) is 11.1 Å². The molecule has 0 spiro atoms. The number of halogens is 2. The van der Waals surface area contributed by atoms with Gasteiger partial charge >= 0.3 is 0 Å². The molecule has 1 amide bonds. The summed E-state index contributed by atoms with van der Waals surface area (Å²) < 4.78 is 0. The first-order valence-corrected chi connectivity index (χ1v) is 8.07. The molecule has 0 saturated carbocycles. The Morgan fingerprint density at radius 1 is 1.15 bits per heavy atom. The first kappa shape index (κ1) is 13.8. The average Bonchev–Trinajstić information content (AvgIpc) is 2.72. The van der Waals surface area contributed by atoms with E-state index in [2.05, 4.69) is 5.32 Å². The quantitative estimate of drug-likeness (QED) is 0.841. The number of benzene rings is 2. The average molecular weight is 324 g/mol. The molecule has 0 aromatic heterocycles. The van der Waals surface area contributed by atoms with Gasteiger partial charge in [0.15, 0.2) is 0 Å². The van der Waals surface area contributed by atoms with E-state index in [1.165, 1.54) is 11.8 Å². The molecule has 2 aromatic rings. The van der Waals surface area contributed by atoms with E-state index in [4.69, 9.17) is 23.2 Å². The summed E-state index contributed by atoms with van der Waals surface area (Å²) >= 11 is 13.6. The van der Waals surface area contributed by atoms with E-state index in [1.807, 2.05) is 36.6 Å². The zero-order valence-corrected chi connectivity index (χ0v) is 12.9. The molecule has 0 aliphatic carbocycles. The molecule has 0 fully saturated rings. The zero-order valence-electron chi connectivity index (χ0n) is 10.6. The number of anilines is 1. The zero-order chi connectivity index (χ0) is 14.3. The number of carbonyl (C=O) groups is 1. The van der Waals surface area contributed by atoms with Crippen molar-refractivity contribution in [1.29, 1.82) is 0 Å². The van der Waals surface area contributed by atoms with Gasteiger partial charge in [0.05, 0.1) is 5.69 Å². The van der Waals surface area contributed by atoms with Gasteiger partial charge in [-0.25, -0.2) is 0 Å². The molecular weight excluding hydrogens is 313 g/mol. The molecule has 5 heteroatoms. The smallest absolute Gasteiger partial charge is 0.242 e. The summed E-state index contributed by atoms with van der Waals surface area (Å²) in [5.74, 6) is 0.0214. The van der Waals surface area contributed by atoms with E-state index >= 15 is 0 Å². The van der Waals surface area contributed by atoms with Gasteiger partial charge in [0.1, 0.15) is 5.25 Å². The van der Waals surface area contributed by atoms with Crippen LogP contribution in [0.2, 0.25) is 10.0 Å². The van der Waals surface area contributed by atoms with Crippen molar-refractivity contribution in [2.75, 3.05) is 11.6 Å². The van der Waals surface area contributed by atoms with Gasteiger partial charge in [-0.2, -0.15) is 0 Å². The van der Waals surface area contributed by atoms with Crippen LogP contribution in [0.3, 0.4) is 0 Å². The van der Waals surface area contributed by atoms with Gasteiger partial charge in [0, 0.05) is 15.6 Å². The van der Waals surface area contributed by atoms with Gasteiger partial charge in [-0.3, -0.25) is 4.79 Å². The lowest BCUT2D eigenvalue weighted by Gasteiger charge is -2.10. The third kappa shape index (κ3) is 2.30. The van der Waals surface area contributed by atoms with E-state index in [0.29, 0.717) is 10.0 Å². The molecule has 1 aliphatic rings. The van der Waals surface area contributed by atoms with E-state index in [0.717, 1.165) is 22.4 Å². The third-order valence-corrected chi connectivity index (χ3v) is 4.65. The minimum absolute atomic E-state index is 0.0214. The Hall–Kier alpha value is -1.16. The predicted molar refractivity (Wildman–Crippen MR) is 86.8 cm³/mol. The Kier molecular flexibility index (Phi) is 3.67. The highest BCUT2D eigenvalue weighted by Crippen LogP contribution is 2.44. The number of hydrogen-bond acceptors (Lipinski definition) is 2. The van der Waals surface area contributed by atoms with Crippen molar-refractivity contribution in [1.82, 2.24) is 0 Å². The highest BCUT2D eigenvalue weighted by molar-refractivity contribution is 7.99. The van der Waals surface area contributed by atoms with Crippen molar-refractivity contribution in [2.45, 2.75) is 5.25 Å². The Morgan fingerprint density at radius 3 is 2.50 bits per heavy atom. The molecule has 0 radical (unpaired) electrons. The number of para-hydroxylation sites is 1. The highest BCUT2D eigenvalue weighted by atomic mass is 35.5. The van der Waals surface area contributed by atoms with Crippen LogP contribution in [0.1, 0.15) is 10.8 Å². The summed E-state index contributed by atoms with van der Waals surface area (Å²) in [5.41, 5.74) is 3.71. The van der Waals surface area contributed by atoms with Crippen LogP contribution in [0.15, 0.2) is 36.4 Å². The number of amides is 1. The first-order chi connectivity index (χ1) is 9.60. The molecule has 0 bridgehead atoms. The second-order valence-corrected chi connectivity index (χ2v) is 6.35. The topological polar surface area (TPSA) is 29.1 Å². The number of rotatable bonds is 2. The number of fused-ring (bicyclic) bond motifs is 1. The van der Waals surface area contributed by atoms with Crippen molar-refractivity contribution >= 4 is 46.6 Å². The normalized spacial score (nSPS) is 16.9. The second kappa shape index (κ2) is 5.32. The summed E-state index contributed by atoms with van der Waals surface area (Å²) in [6.45, 7) is 0. The Labute approximate surface area is 131 Å². The molecule has 1 unspecified atom stereocenters. The van der Waals surface area contributed by atoms with Gasteiger partial charge in [-0.1, -0.05) is 41.4 Å². The van der Waals surface area contributed by atoms with E-state index in [1.54, 1.807) is 6.07 Å². The molecule has 102 valence electrons. The Bertz CT molecular complexity index is 682. The predicted octanol–water partition coefficient (Wildman–Crippen LogP) is 5.02. The Morgan fingerprint density at radius 2 is 1.85 bits per heavy atom. The largest absolute Gasteiger partial charge is 0.324 e. The van der Waals surface area contributed by atoms with Crippen LogP contribution in [-0.2, 0) is 4.79 Å². The van der Waals surface area contributed by atoms with Gasteiger partial charge in [0.2, 0.25) is 5.91 Å². The van der Waals surface area contributed by atoms with Crippen molar-refractivity contribution in [3.63, 3.8) is 0 Å². The molecule has 1 heterocycles. The van der Waals surface area contributed by atoms with Gasteiger partial charge in [-0.05, 0) is 35.6 Å². The number of thioether (sulfide) groups is 1. The van der Waals surface area contributed by atoms with Crippen LogP contribution < -0.4 is 5.32 Å². The minimum atomic E-state index is -0.153. The molecule has 1 atom stereocenters. The van der Waals surface area contributed by atoms with E-state index in [9.17, 15) is 4.79 Å². The van der Waals surface area contributed by atoms with Crippen LogP contribution >= 0.6 is 35.0 Å². The van der Waals surface area contributed by atoms with Gasteiger partial charge in [-0.15, -0.1) is 11.8 Å². The maximum atomic E-state index is 12.0. The lowest BCUT2D eigenvalue weighted by Crippen LogP contribution is -2.08. The van der Waals surface area contributed by atoms with E-state index < -0.39 is 0 Å².